The Balaban J connectivity index is 1.92. The Bertz CT molecular complexity index is 630. The molecule has 0 radical (unpaired) electrons. The molecule has 21 heavy (non-hydrogen) atoms. The molecule has 0 fully saturated rings. The second-order valence-corrected chi connectivity index (χ2v) is 6.77. The van der Waals surface area contributed by atoms with Gasteiger partial charge < -0.3 is 15.4 Å². The van der Waals surface area contributed by atoms with Gasteiger partial charge in [-0.05, 0) is 24.6 Å². The van der Waals surface area contributed by atoms with E-state index in [4.69, 9.17) is 4.74 Å². The summed E-state index contributed by atoms with van der Waals surface area (Å²) in [6.45, 7) is 2.84. The van der Waals surface area contributed by atoms with Gasteiger partial charge in [-0.3, -0.25) is 4.79 Å². The normalized spacial score (nSPS) is 15.8. The van der Waals surface area contributed by atoms with Crippen LogP contribution in [-0.4, -0.2) is 40.3 Å². The third-order valence-corrected chi connectivity index (χ3v) is 3.80. The summed E-state index contributed by atoms with van der Waals surface area (Å²) in [6, 6.07) is 5.61. The Morgan fingerprint density at radius 3 is 2.86 bits per heavy atom. The molecule has 1 amide bonds. The lowest BCUT2D eigenvalue weighted by molar-refractivity contribution is -0.118. The van der Waals surface area contributed by atoms with Gasteiger partial charge in [-0.1, -0.05) is 6.07 Å². The average molecular weight is 313 g/mol. The highest BCUT2D eigenvalue weighted by atomic mass is 32.2. The summed E-state index contributed by atoms with van der Waals surface area (Å²) in [7, 11) is -3.16. The largest absolute Gasteiger partial charge is 0.482 e. The number of carbonyl (C=O) groups excluding carboxylic acids is 1. The van der Waals surface area contributed by atoms with E-state index in [0.29, 0.717) is 24.5 Å². The van der Waals surface area contributed by atoms with E-state index in [1.165, 1.54) is 0 Å². The fourth-order valence-corrected chi connectivity index (χ4v) is 2.49. The Morgan fingerprint density at radius 2 is 2.14 bits per heavy atom. The fourth-order valence-electron chi connectivity index (χ4n) is 2.01. The number of benzene rings is 1. The third-order valence-electron chi connectivity index (χ3n) is 3.08. The molecular formula is C13H19N3O4S. The summed E-state index contributed by atoms with van der Waals surface area (Å²) in [5.41, 5.74) is 1.64. The zero-order valence-corrected chi connectivity index (χ0v) is 12.8. The van der Waals surface area contributed by atoms with Crippen LogP contribution in [-0.2, 0) is 14.8 Å². The van der Waals surface area contributed by atoms with E-state index in [-0.39, 0.29) is 18.6 Å². The lowest BCUT2D eigenvalue weighted by Crippen LogP contribution is -2.32. The molecule has 1 aromatic rings. The van der Waals surface area contributed by atoms with Gasteiger partial charge in [0, 0.05) is 19.1 Å². The minimum Gasteiger partial charge on any atom is -0.482 e. The Labute approximate surface area is 124 Å². The van der Waals surface area contributed by atoms with Crippen molar-refractivity contribution in [2.75, 3.05) is 31.3 Å². The number of sulfonamides is 1. The van der Waals surface area contributed by atoms with Crippen molar-refractivity contribution in [3.8, 4) is 5.75 Å². The number of ether oxygens (including phenoxy) is 1. The van der Waals surface area contributed by atoms with Crippen LogP contribution < -0.4 is 20.1 Å². The number of hydrogen-bond donors (Lipinski definition) is 3. The number of amides is 1. The maximum atomic E-state index is 11.3. The number of nitrogens with one attached hydrogen (secondary N) is 3. The third kappa shape index (κ3) is 4.69. The van der Waals surface area contributed by atoms with E-state index < -0.39 is 10.0 Å². The molecular weight excluding hydrogens is 294 g/mol. The first-order chi connectivity index (χ1) is 9.85. The van der Waals surface area contributed by atoms with Gasteiger partial charge in [0.1, 0.15) is 5.75 Å². The first-order valence-corrected chi connectivity index (χ1v) is 8.49. The molecule has 0 spiro atoms. The van der Waals surface area contributed by atoms with E-state index in [2.05, 4.69) is 15.4 Å². The zero-order chi connectivity index (χ0) is 15.5. The lowest BCUT2D eigenvalue weighted by atomic mass is 10.1. The van der Waals surface area contributed by atoms with Gasteiger partial charge in [0.15, 0.2) is 6.61 Å². The van der Waals surface area contributed by atoms with Gasteiger partial charge in [0.05, 0.1) is 11.9 Å². The number of fused-ring (bicyclic) bond motifs is 1. The van der Waals surface area contributed by atoms with Crippen LogP contribution in [0.5, 0.6) is 5.75 Å². The summed E-state index contributed by atoms with van der Waals surface area (Å²) in [5, 5.41) is 5.97. The molecule has 7 nitrogen and oxygen atoms in total. The average Bonchev–Trinajstić information content (AvgIpc) is 2.41. The van der Waals surface area contributed by atoms with Crippen molar-refractivity contribution in [2.24, 2.45) is 0 Å². The van der Waals surface area contributed by atoms with Gasteiger partial charge in [-0.2, -0.15) is 0 Å². The SMILES string of the molecule is CC(NCCNS(C)(=O)=O)c1ccc2c(c1)NC(=O)CO2. The van der Waals surface area contributed by atoms with Crippen molar-refractivity contribution in [2.45, 2.75) is 13.0 Å². The molecule has 1 aliphatic rings. The standard InChI is InChI=1S/C13H19N3O4S/c1-9(14-5-6-15-21(2,18)19)10-3-4-12-11(7-10)16-13(17)8-20-12/h3-4,7,9,14-15H,5-6,8H2,1-2H3,(H,16,17). The quantitative estimate of drug-likeness (QED) is 0.653. The Kier molecular flexibility index (Phi) is 4.81. The van der Waals surface area contributed by atoms with Gasteiger partial charge in [0.2, 0.25) is 10.0 Å². The molecule has 1 aliphatic heterocycles. The van der Waals surface area contributed by atoms with Crippen molar-refractivity contribution in [1.82, 2.24) is 10.0 Å². The van der Waals surface area contributed by atoms with E-state index >= 15 is 0 Å². The summed E-state index contributed by atoms with van der Waals surface area (Å²) in [5.74, 6) is 0.488. The maximum Gasteiger partial charge on any atom is 0.262 e. The molecule has 0 saturated heterocycles. The second kappa shape index (κ2) is 6.42. The number of anilines is 1. The minimum atomic E-state index is -3.16. The summed E-state index contributed by atoms with van der Waals surface area (Å²) in [4.78, 5) is 11.3. The predicted molar refractivity (Wildman–Crippen MR) is 79.8 cm³/mol. The molecule has 0 saturated carbocycles. The monoisotopic (exact) mass is 313 g/mol. The summed E-state index contributed by atoms with van der Waals surface area (Å²) in [6.07, 6.45) is 1.13. The smallest absolute Gasteiger partial charge is 0.262 e. The lowest BCUT2D eigenvalue weighted by Gasteiger charge is -2.21. The maximum absolute atomic E-state index is 11.3. The van der Waals surface area contributed by atoms with Gasteiger partial charge in [-0.15, -0.1) is 0 Å². The van der Waals surface area contributed by atoms with Crippen LogP contribution in [0.1, 0.15) is 18.5 Å². The van der Waals surface area contributed by atoms with Gasteiger partial charge in [0.25, 0.3) is 5.91 Å². The molecule has 0 aromatic heterocycles. The van der Waals surface area contributed by atoms with E-state index in [0.717, 1.165) is 11.8 Å². The van der Waals surface area contributed by atoms with Crippen molar-refractivity contribution in [3.63, 3.8) is 0 Å². The molecule has 0 aliphatic carbocycles. The highest BCUT2D eigenvalue weighted by Gasteiger charge is 2.17. The minimum absolute atomic E-state index is 0.0236. The molecule has 116 valence electrons. The predicted octanol–water partition coefficient (Wildman–Crippen LogP) is 0.217. The summed E-state index contributed by atoms with van der Waals surface area (Å²) >= 11 is 0. The Hall–Kier alpha value is -1.64. The van der Waals surface area contributed by atoms with Crippen molar-refractivity contribution >= 4 is 21.6 Å². The highest BCUT2D eigenvalue weighted by Crippen LogP contribution is 2.30. The van der Waals surface area contributed by atoms with Crippen molar-refractivity contribution < 1.29 is 17.9 Å². The van der Waals surface area contributed by atoms with E-state index in [1.54, 1.807) is 0 Å². The molecule has 2 rings (SSSR count). The van der Waals surface area contributed by atoms with Crippen LogP contribution in [0.25, 0.3) is 0 Å². The molecule has 0 bridgehead atoms. The molecule has 1 unspecified atom stereocenters. The molecule has 1 heterocycles. The number of hydrogen-bond acceptors (Lipinski definition) is 5. The zero-order valence-electron chi connectivity index (χ0n) is 12.0. The van der Waals surface area contributed by atoms with Crippen LogP contribution in [0.4, 0.5) is 5.69 Å². The van der Waals surface area contributed by atoms with Crippen LogP contribution >= 0.6 is 0 Å². The second-order valence-electron chi connectivity index (χ2n) is 4.93. The van der Waals surface area contributed by atoms with E-state index in [9.17, 15) is 13.2 Å². The molecule has 8 heteroatoms. The topological polar surface area (TPSA) is 96.5 Å². The van der Waals surface area contributed by atoms with Crippen LogP contribution in [0.2, 0.25) is 0 Å². The van der Waals surface area contributed by atoms with Crippen LogP contribution in [0.3, 0.4) is 0 Å². The fraction of sp³-hybridized carbons (Fsp3) is 0.462. The van der Waals surface area contributed by atoms with Gasteiger partial charge in [-0.25, -0.2) is 13.1 Å². The molecule has 1 atom stereocenters. The van der Waals surface area contributed by atoms with Gasteiger partial charge >= 0.3 is 0 Å². The molecule has 3 N–H and O–H groups in total. The first-order valence-electron chi connectivity index (χ1n) is 6.60. The van der Waals surface area contributed by atoms with Crippen molar-refractivity contribution in [3.05, 3.63) is 23.8 Å². The summed E-state index contributed by atoms with van der Waals surface area (Å²) < 4.78 is 29.6. The van der Waals surface area contributed by atoms with Crippen LogP contribution in [0.15, 0.2) is 18.2 Å². The molecule has 1 aromatic carbocycles. The number of carbonyl (C=O) groups is 1. The highest BCUT2D eigenvalue weighted by molar-refractivity contribution is 7.88. The van der Waals surface area contributed by atoms with Crippen LogP contribution in [0, 0.1) is 0 Å². The van der Waals surface area contributed by atoms with E-state index in [1.807, 2.05) is 25.1 Å². The Morgan fingerprint density at radius 1 is 1.38 bits per heavy atom. The first kappa shape index (κ1) is 15.7. The van der Waals surface area contributed by atoms with Crippen molar-refractivity contribution in [1.29, 1.82) is 0 Å². The number of rotatable bonds is 6.